The zero-order valence-corrected chi connectivity index (χ0v) is 21.7. The summed E-state index contributed by atoms with van der Waals surface area (Å²) in [5.41, 5.74) is 1.07. The molecule has 5 rings (SSSR count). The fourth-order valence-electron chi connectivity index (χ4n) is 4.19. The third-order valence-corrected chi connectivity index (χ3v) is 7.34. The highest BCUT2D eigenvalue weighted by Crippen LogP contribution is 2.27. The van der Waals surface area contributed by atoms with Crippen LogP contribution in [-0.4, -0.2) is 30.1 Å². The molecule has 0 spiro atoms. The summed E-state index contributed by atoms with van der Waals surface area (Å²) in [6.07, 6.45) is 0. The van der Waals surface area contributed by atoms with Crippen LogP contribution in [0.25, 0.3) is 22.3 Å². The maximum atomic E-state index is 14.8. The summed E-state index contributed by atoms with van der Waals surface area (Å²) in [5, 5.41) is 2.47. The van der Waals surface area contributed by atoms with Crippen LogP contribution in [0.1, 0.15) is 12.6 Å². The van der Waals surface area contributed by atoms with Crippen LogP contribution in [0.5, 0.6) is 0 Å². The van der Waals surface area contributed by atoms with Crippen molar-refractivity contribution in [2.24, 2.45) is 7.05 Å². The minimum atomic E-state index is -0.773. The number of nitrogens with one attached hydrogen (secondary N) is 1. The molecule has 0 aliphatic heterocycles. The lowest BCUT2D eigenvalue weighted by molar-refractivity contribution is -0.115. The first-order chi connectivity index (χ1) is 18.3. The van der Waals surface area contributed by atoms with Crippen molar-refractivity contribution in [1.82, 2.24) is 18.9 Å². The van der Waals surface area contributed by atoms with Gasteiger partial charge in [0.05, 0.1) is 33.2 Å². The number of amides is 1. The van der Waals surface area contributed by atoms with Crippen molar-refractivity contribution in [3.8, 4) is 11.4 Å². The molecule has 0 radical (unpaired) electrons. The first kappa shape index (κ1) is 25.2. The normalized spacial score (nSPS) is 12.0. The Hall–Kier alpha value is -4.44. The van der Waals surface area contributed by atoms with E-state index in [0.717, 1.165) is 11.8 Å². The Morgan fingerprint density at radius 3 is 2.34 bits per heavy atom. The zero-order valence-electron chi connectivity index (χ0n) is 20.9. The molecule has 5 aromatic rings. The van der Waals surface area contributed by atoms with Gasteiger partial charge in [-0.15, -0.1) is 0 Å². The minimum absolute atomic E-state index is 0.0375. The molecule has 1 amide bonds. The number of benzene rings is 3. The summed E-state index contributed by atoms with van der Waals surface area (Å²) in [4.78, 5) is 44.5. The maximum Gasteiger partial charge on any atom is 0.295 e. The van der Waals surface area contributed by atoms with Crippen LogP contribution in [0.2, 0.25) is 0 Å². The number of fused-ring (bicyclic) bond motifs is 1. The van der Waals surface area contributed by atoms with E-state index in [2.05, 4.69) is 10.3 Å². The predicted octanol–water partition coefficient (Wildman–Crippen LogP) is 4.44. The number of carbonyl (C=O) groups excluding carboxylic acids is 1. The van der Waals surface area contributed by atoms with E-state index in [4.69, 9.17) is 0 Å². The summed E-state index contributed by atoms with van der Waals surface area (Å²) in [7, 11) is 1.74. The quantitative estimate of drug-likeness (QED) is 0.259. The van der Waals surface area contributed by atoms with Crippen molar-refractivity contribution in [2.75, 3.05) is 5.32 Å². The highest BCUT2D eigenvalue weighted by atomic mass is 32.2. The zero-order chi connectivity index (χ0) is 27.0. The Balaban J connectivity index is 1.51. The number of aromatic nitrogens is 4. The van der Waals surface area contributed by atoms with Crippen LogP contribution in [-0.2, 0) is 11.8 Å². The average Bonchev–Trinajstić information content (AvgIpc) is 3.13. The molecule has 0 fully saturated rings. The molecule has 192 valence electrons. The molecule has 1 atom stereocenters. The standard InChI is InChI=1S/C28H24FN5O3S/c1-17-24(27(37)34(32(17)3)19-11-5-4-6-12-19)31-25(35)18(2)38-28-30-22-15-9-7-13-20(22)26(36)33(28)23-16-10-8-14-21(23)29/h4-16,18H,1-3H3,(H,31,35). The number of carbonyl (C=O) groups is 1. The SMILES string of the molecule is Cc1c(NC(=O)C(C)Sc2nc3ccccc3c(=O)n2-c2ccccc2F)c(=O)n(-c2ccccc2)n1C. The summed E-state index contributed by atoms with van der Waals surface area (Å²) < 4.78 is 19.1. The second kappa shape index (κ2) is 10.1. The number of hydrogen-bond acceptors (Lipinski definition) is 5. The molecule has 0 saturated heterocycles. The lowest BCUT2D eigenvalue weighted by Gasteiger charge is -2.16. The molecular weight excluding hydrogens is 505 g/mol. The molecule has 3 aromatic carbocycles. The molecule has 0 aliphatic rings. The molecule has 1 unspecified atom stereocenters. The van der Waals surface area contributed by atoms with Gasteiger partial charge in [-0.3, -0.25) is 23.6 Å². The monoisotopic (exact) mass is 529 g/mol. The van der Waals surface area contributed by atoms with Crippen molar-refractivity contribution < 1.29 is 9.18 Å². The van der Waals surface area contributed by atoms with Gasteiger partial charge in [0, 0.05) is 7.05 Å². The molecule has 2 aromatic heterocycles. The van der Waals surface area contributed by atoms with Crippen LogP contribution >= 0.6 is 11.8 Å². The third-order valence-electron chi connectivity index (χ3n) is 6.29. The van der Waals surface area contributed by atoms with Crippen molar-refractivity contribution in [2.45, 2.75) is 24.3 Å². The Kier molecular flexibility index (Phi) is 6.73. The lowest BCUT2D eigenvalue weighted by atomic mass is 10.2. The van der Waals surface area contributed by atoms with Gasteiger partial charge in [0.25, 0.3) is 11.1 Å². The Morgan fingerprint density at radius 1 is 0.947 bits per heavy atom. The van der Waals surface area contributed by atoms with E-state index < -0.39 is 22.5 Å². The summed E-state index contributed by atoms with van der Waals surface area (Å²) >= 11 is 1.01. The Bertz CT molecular complexity index is 1790. The van der Waals surface area contributed by atoms with Gasteiger partial charge in [0.1, 0.15) is 11.5 Å². The first-order valence-corrected chi connectivity index (χ1v) is 12.7. The van der Waals surface area contributed by atoms with Crippen molar-refractivity contribution in [3.63, 3.8) is 0 Å². The van der Waals surface area contributed by atoms with E-state index in [9.17, 15) is 18.8 Å². The predicted molar refractivity (Wildman–Crippen MR) is 147 cm³/mol. The number of halogens is 1. The van der Waals surface area contributed by atoms with Gasteiger partial charge in [0.15, 0.2) is 5.16 Å². The number of para-hydroxylation sites is 3. The van der Waals surface area contributed by atoms with Gasteiger partial charge in [0.2, 0.25) is 5.91 Å². The van der Waals surface area contributed by atoms with E-state index in [0.29, 0.717) is 22.3 Å². The van der Waals surface area contributed by atoms with Gasteiger partial charge < -0.3 is 5.32 Å². The number of rotatable bonds is 6. The summed E-state index contributed by atoms with van der Waals surface area (Å²) in [5.74, 6) is -1.05. The fourth-order valence-corrected chi connectivity index (χ4v) is 5.11. The van der Waals surface area contributed by atoms with E-state index >= 15 is 0 Å². The number of anilines is 1. The molecule has 8 nitrogen and oxygen atoms in total. The van der Waals surface area contributed by atoms with Crippen molar-refractivity contribution in [3.05, 3.63) is 111 Å². The van der Waals surface area contributed by atoms with E-state index in [1.807, 2.05) is 18.2 Å². The topological polar surface area (TPSA) is 90.9 Å². The highest BCUT2D eigenvalue weighted by molar-refractivity contribution is 8.00. The van der Waals surface area contributed by atoms with Crippen LogP contribution in [0.3, 0.4) is 0 Å². The first-order valence-electron chi connectivity index (χ1n) is 11.9. The molecule has 0 aliphatic carbocycles. The minimum Gasteiger partial charge on any atom is -0.319 e. The van der Waals surface area contributed by atoms with Crippen LogP contribution in [0, 0.1) is 12.7 Å². The number of hydrogen-bond donors (Lipinski definition) is 1. The molecule has 38 heavy (non-hydrogen) atoms. The van der Waals surface area contributed by atoms with E-state index in [-0.39, 0.29) is 22.1 Å². The Labute approximate surface area is 221 Å². The molecule has 2 heterocycles. The fraction of sp³-hybridized carbons (Fsp3) is 0.143. The highest BCUT2D eigenvalue weighted by Gasteiger charge is 2.24. The molecule has 0 saturated carbocycles. The van der Waals surface area contributed by atoms with Gasteiger partial charge in [-0.25, -0.2) is 14.1 Å². The summed E-state index contributed by atoms with van der Waals surface area (Å²) in [6.45, 7) is 3.38. The maximum absolute atomic E-state index is 14.8. The van der Waals surface area contributed by atoms with Crippen LogP contribution in [0.4, 0.5) is 10.1 Å². The van der Waals surface area contributed by atoms with Crippen molar-refractivity contribution >= 4 is 34.3 Å². The largest absolute Gasteiger partial charge is 0.319 e. The van der Waals surface area contributed by atoms with Gasteiger partial charge in [-0.2, -0.15) is 0 Å². The van der Waals surface area contributed by atoms with Gasteiger partial charge >= 0.3 is 0 Å². The average molecular weight is 530 g/mol. The second-order valence-electron chi connectivity index (χ2n) is 8.69. The molecular formula is C28H24FN5O3S. The van der Waals surface area contributed by atoms with Crippen LogP contribution < -0.4 is 16.4 Å². The summed E-state index contributed by atoms with van der Waals surface area (Å²) in [6, 6.07) is 21.8. The van der Waals surface area contributed by atoms with Crippen molar-refractivity contribution in [1.29, 1.82) is 0 Å². The second-order valence-corrected chi connectivity index (χ2v) is 10.00. The number of thioether (sulfide) groups is 1. The molecule has 1 N–H and O–H groups in total. The molecule has 10 heteroatoms. The van der Waals surface area contributed by atoms with E-state index in [1.54, 1.807) is 68.0 Å². The third kappa shape index (κ3) is 4.43. The van der Waals surface area contributed by atoms with Crippen LogP contribution in [0.15, 0.2) is 93.6 Å². The lowest BCUT2D eigenvalue weighted by Crippen LogP contribution is -2.28. The van der Waals surface area contributed by atoms with Gasteiger partial charge in [-0.05, 0) is 50.2 Å². The Morgan fingerprint density at radius 2 is 1.61 bits per heavy atom. The van der Waals surface area contributed by atoms with Gasteiger partial charge in [-0.1, -0.05) is 54.2 Å². The smallest absolute Gasteiger partial charge is 0.295 e. The molecule has 0 bridgehead atoms. The number of nitrogens with zero attached hydrogens (tertiary/aromatic N) is 4. The van der Waals surface area contributed by atoms with E-state index in [1.165, 1.54) is 27.4 Å².